The van der Waals surface area contributed by atoms with Gasteiger partial charge in [-0.15, -0.1) is 10.2 Å². The molecule has 1 aromatic carbocycles. The van der Waals surface area contributed by atoms with Crippen molar-refractivity contribution in [2.24, 2.45) is 0 Å². The third-order valence-electron chi connectivity index (χ3n) is 4.61. The molecule has 1 aliphatic heterocycles. The van der Waals surface area contributed by atoms with E-state index in [0.29, 0.717) is 12.4 Å². The number of aromatic nitrogens is 2. The van der Waals surface area contributed by atoms with Crippen LogP contribution in [0.1, 0.15) is 35.0 Å². The molecule has 0 aliphatic carbocycles. The van der Waals surface area contributed by atoms with Crippen LogP contribution in [0.25, 0.3) is 11.5 Å². The van der Waals surface area contributed by atoms with Crippen molar-refractivity contribution in [3.05, 3.63) is 58.6 Å². The fourth-order valence-electron chi connectivity index (χ4n) is 3.16. The number of hydrogen-bond acceptors (Lipinski definition) is 6. The van der Waals surface area contributed by atoms with Crippen molar-refractivity contribution >= 4 is 17.1 Å². The fourth-order valence-corrected chi connectivity index (χ4v) is 3.79. The van der Waals surface area contributed by atoms with Gasteiger partial charge in [0.25, 0.3) is 0 Å². The Bertz CT molecular complexity index is 821. The van der Waals surface area contributed by atoms with Crippen LogP contribution in [0.4, 0.5) is 0 Å². The van der Waals surface area contributed by atoms with Crippen LogP contribution in [-0.4, -0.2) is 40.5 Å². The maximum Gasteiger partial charge on any atom is 0.248 e. The van der Waals surface area contributed by atoms with E-state index in [2.05, 4.69) is 15.1 Å². The van der Waals surface area contributed by atoms with Gasteiger partial charge in [0.15, 0.2) is 5.78 Å². The monoisotopic (exact) mass is 353 g/mol. The van der Waals surface area contributed by atoms with Gasteiger partial charge in [-0.2, -0.15) is 11.3 Å². The molecule has 3 aromatic rings. The van der Waals surface area contributed by atoms with E-state index in [1.807, 2.05) is 47.2 Å². The van der Waals surface area contributed by atoms with Crippen LogP contribution < -0.4 is 0 Å². The minimum absolute atomic E-state index is 0.177. The van der Waals surface area contributed by atoms with Crippen molar-refractivity contribution in [1.29, 1.82) is 0 Å². The molecule has 128 valence electrons. The quantitative estimate of drug-likeness (QED) is 0.652. The molecular formula is C19H19N3O2S. The summed E-state index contributed by atoms with van der Waals surface area (Å²) in [5, 5.41) is 12.4. The zero-order chi connectivity index (χ0) is 17.1. The molecule has 5 nitrogen and oxygen atoms in total. The van der Waals surface area contributed by atoms with Gasteiger partial charge in [-0.05, 0) is 37.4 Å². The van der Waals surface area contributed by atoms with Gasteiger partial charge in [-0.25, -0.2) is 0 Å². The summed E-state index contributed by atoms with van der Waals surface area (Å²) < 4.78 is 5.85. The summed E-state index contributed by atoms with van der Waals surface area (Å²) >= 11 is 1.62. The summed E-state index contributed by atoms with van der Waals surface area (Å²) in [6, 6.07) is 11.5. The first-order valence-electron chi connectivity index (χ1n) is 8.46. The Morgan fingerprint density at radius 1 is 1.16 bits per heavy atom. The summed E-state index contributed by atoms with van der Waals surface area (Å²) in [5.74, 6) is 1.77. The lowest BCUT2D eigenvalue weighted by atomic mass is 9.96. The topological polar surface area (TPSA) is 59.2 Å². The number of hydrogen-bond donors (Lipinski definition) is 0. The highest BCUT2D eigenvalue weighted by Crippen LogP contribution is 2.29. The molecule has 0 saturated carbocycles. The Morgan fingerprint density at radius 2 is 1.96 bits per heavy atom. The number of rotatable bonds is 5. The Kier molecular flexibility index (Phi) is 4.72. The zero-order valence-corrected chi connectivity index (χ0v) is 14.6. The normalized spacial score (nSPS) is 16.2. The van der Waals surface area contributed by atoms with Gasteiger partial charge in [-0.3, -0.25) is 9.69 Å². The van der Waals surface area contributed by atoms with E-state index >= 15 is 0 Å². The third kappa shape index (κ3) is 3.70. The Morgan fingerprint density at radius 3 is 2.68 bits per heavy atom. The van der Waals surface area contributed by atoms with Crippen molar-refractivity contribution in [1.82, 2.24) is 15.1 Å². The summed E-state index contributed by atoms with van der Waals surface area (Å²) in [6.07, 6.45) is 1.88. The molecular weight excluding hydrogens is 334 g/mol. The van der Waals surface area contributed by atoms with E-state index in [4.69, 9.17) is 4.42 Å². The van der Waals surface area contributed by atoms with Crippen LogP contribution in [0, 0.1) is 0 Å². The molecule has 0 amide bonds. The summed E-state index contributed by atoms with van der Waals surface area (Å²) in [6.45, 7) is 2.22. The second kappa shape index (κ2) is 7.29. The summed E-state index contributed by atoms with van der Waals surface area (Å²) in [4.78, 5) is 14.5. The molecule has 0 N–H and O–H groups in total. The average molecular weight is 353 g/mol. The van der Waals surface area contributed by atoms with Crippen molar-refractivity contribution in [2.45, 2.75) is 18.8 Å². The van der Waals surface area contributed by atoms with Crippen molar-refractivity contribution in [2.75, 3.05) is 19.6 Å². The second-order valence-corrected chi connectivity index (χ2v) is 7.08. The SMILES string of the molecule is O=C(CN1CCC(c2nnc(-c3ccsc3)o2)CC1)c1ccccc1. The minimum Gasteiger partial charge on any atom is -0.420 e. The maximum atomic E-state index is 12.3. The summed E-state index contributed by atoms with van der Waals surface area (Å²) in [7, 11) is 0. The molecule has 1 saturated heterocycles. The first kappa shape index (κ1) is 16.2. The molecule has 0 unspecified atom stereocenters. The Balaban J connectivity index is 1.33. The number of Topliss-reactive ketones (excluding diaryl/α,β-unsaturated/α-hetero) is 1. The third-order valence-corrected chi connectivity index (χ3v) is 5.29. The number of carbonyl (C=O) groups is 1. The van der Waals surface area contributed by atoms with Gasteiger partial charge < -0.3 is 4.42 Å². The lowest BCUT2D eigenvalue weighted by Crippen LogP contribution is -2.36. The largest absolute Gasteiger partial charge is 0.420 e. The maximum absolute atomic E-state index is 12.3. The van der Waals surface area contributed by atoms with Crippen LogP contribution in [0.3, 0.4) is 0 Å². The van der Waals surface area contributed by atoms with E-state index in [9.17, 15) is 4.79 Å². The number of piperidine rings is 1. The molecule has 1 aliphatic rings. The van der Waals surface area contributed by atoms with Gasteiger partial charge in [0.1, 0.15) is 0 Å². The molecule has 1 fully saturated rings. The van der Waals surface area contributed by atoms with Crippen LogP contribution >= 0.6 is 11.3 Å². The standard InChI is InChI=1S/C19H19N3O2S/c23-17(14-4-2-1-3-5-14)12-22-9-6-15(7-10-22)18-20-21-19(24-18)16-8-11-25-13-16/h1-5,8,11,13,15H,6-7,9-10,12H2. The van der Waals surface area contributed by atoms with Gasteiger partial charge in [0.05, 0.1) is 6.54 Å². The predicted octanol–water partition coefficient (Wildman–Crippen LogP) is 3.86. The average Bonchev–Trinajstić information content (AvgIpc) is 3.35. The number of carbonyl (C=O) groups excluding carboxylic acids is 1. The zero-order valence-electron chi connectivity index (χ0n) is 13.8. The molecule has 0 radical (unpaired) electrons. The van der Waals surface area contributed by atoms with Crippen molar-refractivity contribution < 1.29 is 9.21 Å². The lowest BCUT2D eigenvalue weighted by molar-refractivity contribution is 0.0906. The fraction of sp³-hybridized carbons (Fsp3) is 0.316. The van der Waals surface area contributed by atoms with Gasteiger partial charge in [0, 0.05) is 22.4 Å². The number of likely N-dealkylation sites (tertiary alicyclic amines) is 1. The molecule has 3 heterocycles. The van der Waals surface area contributed by atoms with Gasteiger partial charge in [-0.1, -0.05) is 30.3 Å². The molecule has 2 aromatic heterocycles. The number of thiophene rings is 1. The molecule has 0 atom stereocenters. The highest BCUT2D eigenvalue weighted by Gasteiger charge is 2.26. The molecule has 4 rings (SSSR count). The number of benzene rings is 1. The van der Waals surface area contributed by atoms with Gasteiger partial charge in [0.2, 0.25) is 11.8 Å². The van der Waals surface area contributed by atoms with Crippen LogP contribution in [-0.2, 0) is 0 Å². The van der Waals surface area contributed by atoms with Crippen LogP contribution in [0.2, 0.25) is 0 Å². The lowest BCUT2D eigenvalue weighted by Gasteiger charge is -2.29. The predicted molar refractivity (Wildman–Crippen MR) is 96.8 cm³/mol. The number of nitrogens with zero attached hydrogens (tertiary/aromatic N) is 3. The van der Waals surface area contributed by atoms with E-state index in [0.717, 1.165) is 42.9 Å². The Hall–Kier alpha value is -2.31. The highest BCUT2D eigenvalue weighted by molar-refractivity contribution is 7.08. The summed E-state index contributed by atoms with van der Waals surface area (Å²) in [5.41, 5.74) is 1.76. The van der Waals surface area contributed by atoms with E-state index in [1.165, 1.54) is 0 Å². The van der Waals surface area contributed by atoms with Crippen LogP contribution in [0.15, 0.2) is 51.6 Å². The van der Waals surface area contributed by atoms with Crippen molar-refractivity contribution in [3.63, 3.8) is 0 Å². The van der Waals surface area contributed by atoms with Crippen LogP contribution in [0.5, 0.6) is 0 Å². The first-order chi connectivity index (χ1) is 12.3. The second-order valence-electron chi connectivity index (χ2n) is 6.30. The van der Waals surface area contributed by atoms with E-state index in [1.54, 1.807) is 11.3 Å². The van der Waals surface area contributed by atoms with Gasteiger partial charge >= 0.3 is 0 Å². The Labute approximate surface area is 150 Å². The smallest absolute Gasteiger partial charge is 0.248 e. The molecule has 6 heteroatoms. The molecule has 0 bridgehead atoms. The van der Waals surface area contributed by atoms with Crippen molar-refractivity contribution in [3.8, 4) is 11.5 Å². The van der Waals surface area contributed by atoms with E-state index < -0.39 is 0 Å². The van der Waals surface area contributed by atoms with E-state index in [-0.39, 0.29) is 11.7 Å². The highest BCUT2D eigenvalue weighted by atomic mass is 32.1. The molecule has 0 spiro atoms. The number of ketones is 1. The molecule has 25 heavy (non-hydrogen) atoms. The minimum atomic E-state index is 0.177. The first-order valence-corrected chi connectivity index (χ1v) is 9.40.